The lowest BCUT2D eigenvalue weighted by atomic mass is 9.82. The Kier molecular flexibility index (Phi) is 5.25. The van der Waals surface area contributed by atoms with Crippen LogP contribution in [0.5, 0.6) is 0 Å². The zero-order valence-electron chi connectivity index (χ0n) is 14.5. The van der Waals surface area contributed by atoms with Crippen LogP contribution in [0.4, 0.5) is 0 Å². The predicted octanol–water partition coefficient (Wildman–Crippen LogP) is 1.78. The first kappa shape index (κ1) is 17.4. The van der Waals surface area contributed by atoms with Crippen LogP contribution in [-0.4, -0.2) is 49.3 Å². The fraction of sp³-hybridized carbons (Fsp3) is 0.778. The number of rotatable bonds is 4. The average Bonchev–Trinajstić information content (AvgIpc) is 3.00. The number of aliphatic hydroxyl groups excluding tert-OH is 1. The lowest BCUT2D eigenvalue weighted by Gasteiger charge is -2.38. The number of aliphatic hydroxyl groups is 2. The Morgan fingerprint density at radius 2 is 2.12 bits per heavy atom. The van der Waals surface area contributed by atoms with Crippen LogP contribution in [0.25, 0.3) is 0 Å². The highest BCUT2D eigenvalue weighted by atomic mass is 16.3. The van der Waals surface area contributed by atoms with Gasteiger partial charge < -0.3 is 19.7 Å². The smallest absolute Gasteiger partial charge is 0.225 e. The fourth-order valence-corrected chi connectivity index (χ4v) is 4.15. The molecule has 3 rings (SSSR count). The van der Waals surface area contributed by atoms with Crippen LogP contribution in [0, 0.1) is 5.92 Å². The number of aromatic nitrogens is 2. The molecule has 1 saturated heterocycles. The highest BCUT2D eigenvalue weighted by Gasteiger charge is 2.36. The van der Waals surface area contributed by atoms with Crippen LogP contribution in [0.3, 0.4) is 0 Å². The predicted molar refractivity (Wildman–Crippen MR) is 90.1 cm³/mol. The van der Waals surface area contributed by atoms with Crippen molar-refractivity contribution in [2.75, 3.05) is 13.1 Å². The van der Waals surface area contributed by atoms with Crippen LogP contribution >= 0.6 is 0 Å². The number of piperidine rings is 1. The van der Waals surface area contributed by atoms with E-state index in [1.807, 2.05) is 22.7 Å². The molecule has 2 unspecified atom stereocenters. The number of hydrogen-bond acceptors (Lipinski definition) is 4. The van der Waals surface area contributed by atoms with Gasteiger partial charge in [-0.2, -0.15) is 0 Å². The van der Waals surface area contributed by atoms with Crippen molar-refractivity contribution in [3.63, 3.8) is 0 Å². The van der Waals surface area contributed by atoms with E-state index in [0.717, 1.165) is 51.5 Å². The van der Waals surface area contributed by atoms with Gasteiger partial charge in [-0.3, -0.25) is 4.79 Å². The Labute approximate surface area is 143 Å². The number of carbonyl (C=O) groups excluding carboxylic acids is 1. The van der Waals surface area contributed by atoms with Crippen LogP contribution in [0.15, 0.2) is 12.4 Å². The molecule has 1 saturated carbocycles. The van der Waals surface area contributed by atoms with Crippen LogP contribution < -0.4 is 0 Å². The molecule has 1 aromatic heterocycles. The molecule has 2 N–H and O–H groups in total. The summed E-state index contributed by atoms with van der Waals surface area (Å²) in [5.74, 6) is 0.682. The Balaban J connectivity index is 1.60. The van der Waals surface area contributed by atoms with E-state index in [1.165, 1.54) is 0 Å². The maximum Gasteiger partial charge on any atom is 0.225 e. The monoisotopic (exact) mass is 335 g/mol. The minimum atomic E-state index is -0.819. The first-order valence-electron chi connectivity index (χ1n) is 9.14. The van der Waals surface area contributed by atoms with Gasteiger partial charge in [0, 0.05) is 38.4 Å². The van der Waals surface area contributed by atoms with Crippen LogP contribution in [0.2, 0.25) is 0 Å². The number of imidazole rings is 1. The molecular formula is C18H29N3O3. The Bertz CT molecular complexity index is 566. The van der Waals surface area contributed by atoms with E-state index in [0.29, 0.717) is 12.4 Å². The molecule has 1 aliphatic heterocycles. The van der Waals surface area contributed by atoms with Crippen molar-refractivity contribution in [3.05, 3.63) is 18.2 Å². The van der Waals surface area contributed by atoms with Gasteiger partial charge in [-0.1, -0.05) is 19.3 Å². The van der Waals surface area contributed by atoms with Crippen molar-refractivity contribution in [1.82, 2.24) is 14.5 Å². The van der Waals surface area contributed by atoms with Gasteiger partial charge in [0.05, 0.1) is 12.0 Å². The topological polar surface area (TPSA) is 78.6 Å². The molecule has 0 radical (unpaired) electrons. The molecule has 1 amide bonds. The van der Waals surface area contributed by atoms with E-state index in [2.05, 4.69) is 4.98 Å². The van der Waals surface area contributed by atoms with Gasteiger partial charge in [-0.25, -0.2) is 4.98 Å². The Morgan fingerprint density at radius 1 is 1.38 bits per heavy atom. The van der Waals surface area contributed by atoms with E-state index in [1.54, 1.807) is 6.20 Å². The first-order chi connectivity index (χ1) is 11.5. The number of aryl methyl sites for hydroxylation is 1. The number of amides is 1. The van der Waals surface area contributed by atoms with Crippen molar-refractivity contribution in [1.29, 1.82) is 0 Å². The van der Waals surface area contributed by atoms with Gasteiger partial charge in [-0.15, -0.1) is 0 Å². The summed E-state index contributed by atoms with van der Waals surface area (Å²) in [5, 5.41) is 21.2. The van der Waals surface area contributed by atoms with Gasteiger partial charge in [0.25, 0.3) is 0 Å². The minimum absolute atomic E-state index is 0.00444. The molecule has 1 aliphatic carbocycles. The summed E-state index contributed by atoms with van der Waals surface area (Å²) >= 11 is 0. The standard InChI is InChI=1S/C18H29N3O3/c1-20-11-9-19-17(20)16(23)14-6-5-10-21(13-14)15(22)12-18(24)7-3-2-4-8-18/h9,11,14,16,23-24H,2-8,10,12-13H2,1H3. The van der Waals surface area contributed by atoms with Crippen LogP contribution in [0.1, 0.15) is 63.3 Å². The number of carbonyl (C=O) groups is 1. The van der Waals surface area contributed by atoms with Crippen LogP contribution in [-0.2, 0) is 11.8 Å². The van der Waals surface area contributed by atoms with Crippen molar-refractivity contribution in [3.8, 4) is 0 Å². The summed E-state index contributed by atoms with van der Waals surface area (Å²) in [6, 6.07) is 0. The van der Waals surface area contributed by atoms with E-state index in [-0.39, 0.29) is 18.2 Å². The molecular weight excluding hydrogens is 306 g/mol. The molecule has 0 bridgehead atoms. The summed E-state index contributed by atoms with van der Waals surface area (Å²) in [6.45, 7) is 1.27. The molecule has 134 valence electrons. The summed E-state index contributed by atoms with van der Waals surface area (Å²) in [7, 11) is 1.87. The summed E-state index contributed by atoms with van der Waals surface area (Å²) < 4.78 is 1.83. The highest BCUT2D eigenvalue weighted by molar-refractivity contribution is 5.77. The van der Waals surface area contributed by atoms with Crippen molar-refractivity contribution >= 4 is 5.91 Å². The molecule has 6 nitrogen and oxygen atoms in total. The fourth-order valence-electron chi connectivity index (χ4n) is 4.15. The van der Waals surface area contributed by atoms with Crippen molar-refractivity contribution in [2.45, 2.75) is 63.1 Å². The molecule has 2 aliphatic rings. The SMILES string of the molecule is Cn1ccnc1C(O)C1CCCN(C(=O)CC2(O)CCCCC2)C1. The molecule has 1 aromatic rings. The van der Waals surface area contributed by atoms with Gasteiger partial charge in [0.2, 0.25) is 5.91 Å². The quantitative estimate of drug-likeness (QED) is 0.879. The second-order valence-electron chi connectivity index (χ2n) is 7.55. The maximum absolute atomic E-state index is 12.7. The highest BCUT2D eigenvalue weighted by Crippen LogP contribution is 2.33. The molecule has 0 spiro atoms. The van der Waals surface area contributed by atoms with Gasteiger partial charge in [0.15, 0.2) is 0 Å². The largest absolute Gasteiger partial charge is 0.389 e. The summed E-state index contributed by atoms with van der Waals surface area (Å²) in [4.78, 5) is 18.7. The normalized spacial score (nSPS) is 25.5. The van der Waals surface area contributed by atoms with Gasteiger partial charge >= 0.3 is 0 Å². The third-order valence-corrected chi connectivity index (χ3v) is 5.64. The third kappa shape index (κ3) is 3.81. The van der Waals surface area contributed by atoms with Gasteiger partial charge in [0.1, 0.15) is 11.9 Å². The second kappa shape index (κ2) is 7.23. The van der Waals surface area contributed by atoms with Crippen molar-refractivity contribution in [2.24, 2.45) is 13.0 Å². The maximum atomic E-state index is 12.7. The Morgan fingerprint density at radius 3 is 2.79 bits per heavy atom. The second-order valence-corrected chi connectivity index (χ2v) is 7.55. The minimum Gasteiger partial charge on any atom is -0.389 e. The number of likely N-dealkylation sites (tertiary alicyclic amines) is 1. The average molecular weight is 335 g/mol. The number of hydrogen-bond donors (Lipinski definition) is 2. The molecule has 2 fully saturated rings. The molecule has 24 heavy (non-hydrogen) atoms. The molecule has 0 aromatic carbocycles. The lowest BCUT2D eigenvalue weighted by Crippen LogP contribution is -2.45. The number of nitrogens with zero attached hydrogens (tertiary/aromatic N) is 3. The molecule has 2 heterocycles. The summed E-state index contributed by atoms with van der Waals surface area (Å²) in [6.07, 6.45) is 9.46. The summed E-state index contributed by atoms with van der Waals surface area (Å²) in [5.41, 5.74) is -0.819. The molecule has 6 heteroatoms. The van der Waals surface area contributed by atoms with E-state index >= 15 is 0 Å². The van der Waals surface area contributed by atoms with Crippen molar-refractivity contribution < 1.29 is 15.0 Å². The van der Waals surface area contributed by atoms with Gasteiger partial charge in [-0.05, 0) is 25.7 Å². The molecule has 2 atom stereocenters. The van der Waals surface area contributed by atoms with E-state index in [4.69, 9.17) is 0 Å². The first-order valence-corrected chi connectivity index (χ1v) is 9.14. The third-order valence-electron chi connectivity index (χ3n) is 5.64. The zero-order valence-corrected chi connectivity index (χ0v) is 14.5. The van der Waals surface area contributed by atoms with E-state index < -0.39 is 11.7 Å². The Hall–Kier alpha value is -1.40. The van der Waals surface area contributed by atoms with E-state index in [9.17, 15) is 15.0 Å². The zero-order chi connectivity index (χ0) is 17.2. The lowest BCUT2D eigenvalue weighted by molar-refractivity contribution is -0.140.